The quantitative estimate of drug-likeness (QED) is 0.595. The summed E-state index contributed by atoms with van der Waals surface area (Å²) in [6.07, 6.45) is 3.19. The van der Waals surface area contributed by atoms with Crippen molar-refractivity contribution in [2.24, 2.45) is 0 Å². The summed E-state index contributed by atoms with van der Waals surface area (Å²) in [5.74, 6) is 0. The number of nitro groups is 1. The van der Waals surface area contributed by atoms with Gasteiger partial charge < -0.3 is 4.90 Å². The van der Waals surface area contributed by atoms with Gasteiger partial charge in [0.1, 0.15) is 0 Å². The lowest BCUT2D eigenvalue weighted by molar-refractivity contribution is -0.387. The van der Waals surface area contributed by atoms with Crippen molar-refractivity contribution in [1.29, 1.82) is 0 Å². The molecule has 0 radical (unpaired) electrons. The van der Waals surface area contributed by atoms with E-state index in [4.69, 9.17) is 0 Å². The molecule has 1 aliphatic heterocycles. The Balaban J connectivity index is 1.80. The number of nitro benzene ring substituents is 1. The maximum Gasteiger partial charge on any atom is 0.289 e. The number of benzene rings is 1. The van der Waals surface area contributed by atoms with E-state index in [0.717, 1.165) is 5.69 Å². The Bertz CT molecular complexity index is 835. The van der Waals surface area contributed by atoms with Crippen LogP contribution in [-0.4, -0.2) is 54.0 Å². The van der Waals surface area contributed by atoms with Gasteiger partial charge in [0.2, 0.25) is 10.0 Å². The number of rotatable bonds is 4. The average Bonchev–Trinajstić information content (AvgIpc) is 2.62. The maximum absolute atomic E-state index is 12.7. The highest BCUT2D eigenvalue weighted by Crippen LogP contribution is 2.27. The van der Waals surface area contributed by atoms with Crippen LogP contribution in [0, 0.1) is 10.1 Å². The molecule has 1 saturated heterocycles. The van der Waals surface area contributed by atoms with Crippen LogP contribution in [0.2, 0.25) is 0 Å². The Morgan fingerprint density at radius 2 is 1.75 bits per heavy atom. The zero-order valence-electron chi connectivity index (χ0n) is 12.6. The van der Waals surface area contributed by atoms with E-state index in [9.17, 15) is 18.5 Å². The Morgan fingerprint density at radius 3 is 2.38 bits per heavy atom. The van der Waals surface area contributed by atoms with Gasteiger partial charge in [-0.2, -0.15) is 14.5 Å². The van der Waals surface area contributed by atoms with Gasteiger partial charge in [-0.3, -0.25) is 10.1 Å². The van der Waals surface area contributed by atoms with Crippen molar-refractivity contribution in [3.8, 4) is 0 Å². The van der Waals surface area contributed by atoms with Crippen LogP contribution >= 0.6 is 0 Å². The number of aromatic nitrogens is 2. The molecule has 0 N–H and O–H groups in total. The fourth-order valence-corrected chi connectivity index (χ4v) is 4.20. The Kier molecular flexibility index (Phi) is 4.40. The molecule has 9 nitrogen and oxygen atoms in total. The van der Waals surface area contributed by atoms with E-state index in [2.05, 4.69) is 10.2 Å². The molecule has 0 amide bonds. The lowest BCUT2D eigenvalue weighted by Crippen LogP contribution is -2.48. The van der Waals surface area contributed by atoms with Crippen LogP contribution in [0.5, 0.6) is 0 Å². The predicted molar refractivity (Wildman–Crippen MR) is 86.1 cm³/mol. The number of hydrogen-bond acceptors (Lipinski definition) is 7. The van der Waals surface area contributed by atoms with E-state index >= 15 is 0 Å². The highest BCUT2D eigenvalue weighted by molar-refractivity contribution is 7.89. The van der Waals surface area contributed by atoms with E-state index in [-0.39, 0.29) is 18.0 Å². The zero-order chi connectivity index (χ0) is 17.2. The maximum atomic E-state index is 12.7. The molecule has 24 heavy (non-hydrogen) atoms. The molecular formula is C14H15N5O4S. The van der Waals surface area contributed by atoms with Gasteiger partial charge in [-0.05, 0) is 12.1 Å². The van der Waals surface area contributed by atoms with Gasteiger partial charge in [0.15, 0.2) is 4.90 Å². The second kappa shape index (κ2) is 6.49. The van der Waals surface area contributed by atoms with E-state index in [1.54, 1.807) is 18.5 Å². The lowest BCUT2D eigenvalue weighted by Gasteiger charge is -2.34. The summed E-state index contributed by atoms with van der Waals surface area (Å²) in [4.78, 5) is 12.1. The summed E-state index contributed by atoms with van der Waals surface area (Å²) in [5, 5.41) is 18.6. The van der Waals surface area contributed by atoms with E-state index in [1.807, 2.05) is 4.90 Å². The number of sulfonamides is 1. The molecule has 2 heterocycles. The molecule has 0 aliphatic carbocycles. The number of anilines is 1. The lowest BCUT2D eigenvalue weighted by atomic mass is 10.3. The van der Waals surface area contributed by atoms with Crippen molar-refractivity contribution in [3.05, 3.63) is 52.8 Å². The minimum absolute atomic E-state index is 0.247. The summed E-state index contributed by atoms with van der Waals surface area (Å²) in [6.45, 7) is 1.45. The van der Waals surface area contributed by atoms with Crippen LogP contribution in [0.1, 0.15) is 0 Å². The van der Waals surface area contributed by atoms with Crippen molar-refractivity contribution in [3.63, 3.8) is 0 Å². The van der Waals surface area contributed by atoms with Crippen LogP contribution in [0.4, 0.5) is 11.4 Å². The largest absolute Gasteiger partial charge is 0.368 e. The van der Waals surface area contributed by atoms with Crippen molar-refractivity contribution < 1.29 is 13.3 Å². The third-order valence-electron chi connectivity index (χ3n) is 3.85. The number of para-hydroxylation sites is 1. The van der Waals surface area contributed by atoms with Gasteiger partial charge in [-0.15, -0.1) is 0 Å². The van der Waals surface area contributed by atoms with Crippen LogP contribution in [0.25, 0.3) is 0 Å². The van der Waals surface area contributed by atoms with E-state index < -0.39 is 20.6 Å². The number of nitrogens with zero attached hydrogens (tertiary/aromatic N) is 5. The predicted octanol–water partition coefficient (Wildman–Crippen LogP) is 0.896. The van der Waals surface area contributed by atoms with Gasteiger partial charge in [-0.1, -0.05) is 12.1 Å². The third-order valence-corrected chi connectivity index (χ3v) is 5.80. The van der Waals surface area contributed by atoms with Crippen LogP contribution in [0.15, 0.2) is 47.6 Å². The standard InChI is InChI=1S/C14H15N5O4S/c20-19(21)13-3-1-2-4-14(13)24(22,23)18-9-7-17(8-10-18)12-5-6-15-16-11-12/h1-6,11H,7-10H2. The van der Waals surface area contributed by atoms with Gasteiger partial charge in [0, 0.05) is 32.2 Å². The summed E-state index contributed by atoms with van der Waals surface area (Å²) in [7, 11) is -3.91. The van der Waals surface area contributed by atoms with Gasteiger partial charge in [0.05, 0.1) is 23.0 Å². The molecule has 0 spiro atoms. The first kappa shape index (κ1) is 16.3. The van der Waals surface area contributed by atoms with E-state index in [1.165, 1.54) is 28.6 Å². The van der Waals surface area contributed by atoms with Crippen LogP contribution < -0.4 is 4.90 Å². The first-order valence-corrected chi connectivity index (χ1v) is 8.69. The topological polar surface area (TPSA) is 110 Å². The highest BCUT2D eigenvalue weighted by Gasteiger charge is 2.33. The second-order valence-electron chi connectivity index (χ2n) is 5.22. The number of hydrogen-bond donors (Lipinski definition) is 0. The smallest absolute Gasteiger partial charge is 0.289 e. The highest BCUT2D eigenvalue weighted by atomic mass is 32.2. The first-order chi connectivity index (χ1) is 11.5. The fraction of sp³-hybridized carbons (Fsp3) is 0.286. The monoisotopic (exact) mass is 349 g/mol. The second-order valence-corrected chi connectivity index (χ2v) is 7.12. The molecule has 1 aromatic carbocycles. The Morgan fingerprint density at radius 1 is 1.04 bits per heavy atom. The molecule has 1 fully saturated rings. The summed E-state index contributed by atoms with van der Waals surface area (Å²) < 4.78 is 26.8. The average molecular weight is 349 g/mol. The molecule has 2 aromatic rings. The van der Waals surface area contributed by atoms with Crippen LogP contribution in [0.3, 0.4) is 0 Å². The Labute approximate surface area is 138 Å². The van der Waals surface area contributed by atoms with Crippen molar-refractivity contribution in [2.75, 3.05) is 31.1 Å². The summed E-state index contributed by atoms with van der Waals surface area (Å²) >= 11 is 0. The molecule has 1 aromatic heterocycles. The minimum atomic E-state index is -3.91. The van der Waals surface area contributed by atoms with Crippen molar-refractivity contribution in [1.82, 2.24) is 14.5 Å². The first-order valence-electron chi connectivity index (χ1n) is 7.25. The Hall–Kier alpha value is -2.59. The molecule has 0 bridgehead atoms. The molecule has 0 saturated carbocycles. The van der Waals surface area contributed by atoms with Gasteiger partial charge in [0.25, 0.3) is 5.69 Å². The molecule has 126 valence electrons. The van der Waals surface area contributed by atoms with Crippen LogP contribution in [-0.2, 0) is 10.0 Å². The molecule has 0 atom stereocenters. The SMILES string of the molecule is O=[N+]([O-])c1ccccc1S(=O)(=O)N1CCN(c2ccnnc2)CC1. The molecule has 10 heteroatoms. The molecule has 3 rings (SSSR count). The molecule has 1 aliphatic rings. The van der Waals surface area contributed by atoms with E-state index in [0.29, 0.717) is 13.1 Å². The number of piperazine rings is 1. The van der Waals surface area contributed by atoms with Crippen molar-refractivity contribution >= 4 is 21.4 Å². The zero-order valence-corrected chi connectivity index (χ0v) is 13.5. The van der Waals surface area contributed by atoms with Crippen molar-refractivity contribution in [2.45, 2.75) is 4.90 Å². The third kappa shape index (κ3) is 3.05. The normalized spacial score (nSPS) is 16.1. The van der Waals surface area contributed by atoms with Gasteiger partial charge >= 0.3 is 0 Å². The minimum Gasteiger partial charge on any atom is -0.368 e. The molecule has 0 unspecified atom stereocenters. The molecular weight excluding hydrogens is 334 g/mol. The van der Waals surface area contributed by atoms with Gasteiger partial charge in [-0.25, -0.2) is 8.42 Å². The summed E-state index contributed by atoms with van der Waals surface area (Å²) in [5.41, 5.74) is 0.464. The summed E-state index contributed by atoms with van der Waals surface area (Å²) in [6, 6.07) is 7.21. The fourth-order valence-electron chi connectivity index (χ4n) is 2.62.